The zero-order chi connectivity index (χ0) is 18.1. The summed E-state index contributed by atoms with van der Waals surface area (Å²) in [6.07, 6.45) is 7.25. The van der Waals surface area contributed by atoms with Gasteiger partial charge < -0.3 is 4.42 Å². The maximum absolute atomic E-state index is 6.06. The van der Waals surface area contributed by atoms with Crippen LogP contribution < -0.4 is 0 Å². The number of para-hydroxylation sites is 2. The van der Waals surface area contributed by atoms with E-state index in [9.17, 15) is 0 Å². The number of nitrogens with zero attached hydrogens (tertiary/aromatic N) is 3. The van der Waals surface area contributed by atoms with Crippen molar-refractivity contribution in [2.45, 2.75) is 0 Å². The van der Waals surface area contributed by atoms with Gasteiger partial charge >= 0.3 is 0 Å². The van der Waals surface area contributed by atoms with E-state index >= 15 is 0 Å². The van der Waals surface area contributed by atoms with Gasteiger partial charge in [-0.05, 0) is 41.5 Å². The molecule has 0 amide bonds. The van der Waals surface area contributed by atoms with E-state index in [1.54, 1.807) is 12.4 Å². The van der Waals surface area contributed by atoms with Gasteiger partial charge in [0.1, 0.15) is 5.52 Å². The van der Waals surface area contributed by atoms with Gasteiger partial charge in [0.15, 0.2) is 5.58 Å². The molecular weight excluding hydrogens is 334 g/mol. The van der Waals surface area contributed by atoms with E-state index in [4.69, 9.17) is 9.40 Å². The van der Waals surface area contributed by atoms with Crippen LogP contribution in [0.2, 0.25) is 0 Å². The Hall–Kier alpha value is -3.79. The summed E-state index contributed by atoms with van der Waals surface area (Å²) in [4.78, 5) is 13.2. The molecule has 0 unspecified atom stereocenters. The molecule has 0 aliphatic heterocycles. The Morgan fingerprint density at radius 1 is 0.630 bits per heavy atom. The summed E-state index contributed by atoms with van der Waals surface area (Å²) < 4.78 is 6.06. The van der Waals surface area contributed by atoms with Gasteiger partial charge in [-0.1, -0.05) is 36.4 Å². The molecule has 4 nitrogen and oxygen atoms in total. The standard InChI is InChI=1S/C23H15N3O/c1-2-8-22-21(7-1)26-23(27-22)20-13-16(17-5-3-11-24-14-17)9-10-19(20)18-6-4-12-25-15-18/h1-15H. The first kappa shape index (κ1) is 15.5. The first-order valence-corrected chi connectivity index (χ1v) is 8.69. The molecule has 2 aromatic carbocycles. The Morgan fingerprint density at radius 3 is 2.15 bits per heavy atom. The molecule has 0 saturated heterocycles. The van der Waals surface area contributed by atoms with E-state index < -0.39 is 0 Å². The third kappa shape index (κ3) is 2.87. The Bertz CT molecular complexity index is 1180. The first-order chi connectivity index (χ1) is 13.4. The number of rotatable bonds is 3. The molecule has 0 aliphatic carbocycles. The molecule has 3 heterocycles. The van der Waals surface area contributed by atoms with E-state index in [0.29, 0.717) is 5.89 Å². The molecule has 0 N–H and O–H groups in total. The van der Waals surface area contributed by atoms with Gasteiger partial charge in [0.25, 0.3) is 0 Å². The molecule has 5 aromatic rings. The van der Waals surface area contributed by atoms with Crippen molar-refractivity contribution in [1.82, 2.24) is 15.0 Å². The van der Waals surface area contributed by atoms with Crippen LogP contribution in [0.15, 0.2) is 95.9 Å². The van der Waals surface area contributed by atoms with Crippen molar-refractivity contribution in [3.8, 4) is 33.7 Å². The van der Waals surface area contributed by atoms with Gasteiger partial charge in [-0.2, -0.15) is 0 Å². The fourth-order valence-electron chi connectivity index (χ4n) is 3.20. The van der Waals surface area contributed by atoms with Crippen LogP contribution in [0.25, 0.3) is 44.8 Å². The highest BCUT2D eigenvalue weighted by Gasteiger charge is 2.15. The molecule has 4 heteroatoms. The molecule has 0 bridgehead atoms. The van der Waals surface area contributed by atoms with Crippen LogP contribution in [-0.4, -0.2) is 15.0 Å². The lowest BCUT2D eigenvalue weighted by atomic mass is 9.96. The lowest BCUT2D eigenvalue weighted by Gasteiger charge is -2.10. The molecule has 128 valence electrons. The van der Waals surface area contributed by atoms with Crippen LogP contribution in [0.5, 0.6) is 0 Å². The summed E-state index contributed by atoms with van der Waals surface area (Å²) in [5.41, 5.74) is 6.71. The van der Waals surface area contributed by atoms with Crippen molar-refractivity contribution in [3.05, 3.63) is 91.5 Å². The third-order valence-corrected chi connectivity index (χ3v) is 4.51. The number of hydrogen-bond acceptors (Lipinski definition) is 4. The van der Waals surface area contributed by atoms with Gasteiger partial charge in [-0.3, -0.25) is 9.97 Å². The predicted octanol–water partition coefficient (Wildman–Crippen LogP) is 5.62. The highest BCUT2D eigenvalue weighted by molar-refractivity contribution is 5.86. The third-order valence-electron chi connectivity index (χ3n) is 4.51. The first-order valence-electron chi connectivity index (χ1n) is 8.69. The summed E-state index contributed by atoms with van der Waals surface area (Å²) in [6.45, 7) is 0. The number of fused-ring (bicyclic) bond motifs is 1. The van der Waals surface area contributed by atoms with Crippen LogP contribution in [0, 0.1) is 0 Å². The second-order valence-electron chi connectivity index (χ2n) is 6.23. The zero-order valence-corrected chi connectivity index (χ0v) is 14.4. The molecule has 5 rings (SSSR count). The molecule has 27 heavy (non-hydrogen) atoms. The monoisotopic (exact) mass is 349 g/mol. The second kappa shape index (κ2) is 6.50. The van der Waals surface area contributed by atoms with Crippen molar-refractivity contribution >= 4 is 11.1 Å². The average molecular weight is 349 g/mol. The number of oxazole rings is 1. The molecule has 0 atom stereocenters. The summed E-state index contributed by atoms with van der Waals surface area (Å²) in [6, 6.07) is 22.0. The minimum Gasteiger partial charge on any atom is -0.436 e. The summed E-state index contributed by atoms with van der Waals surface area (Å²) in [5, 5.41) is 0. The van der Waals surface area contributed by atoms with E-state index in [0.717, 1.165) is 38.9 Å². The normalized spacial score (nSPS) is 11.0. The highest BCUT2D eigenvalue weighted by atomic mass is 16.3. The van der Waals surface area contributed by atoms with E-state index in [1.807, 2.05) is 60.9 Å². The van der Waals surface area contributed by atoms with Gasteiger partial charge in [0.05, 0.1) is 0 Å². The van der Waals surface area contributed by atoms with Gasteiger partial charge in [-0.25, -0.2) is 4.98 Å². The fourth-order valence-corrected chi connectivity index (χ4v) is 3.20. The topological polar surface area (TPSA) is 51.8 Å². The molecule has 0 radical (unpaired) electrons. The molecule has 0 fully saturated rings. The van der Waals surface area contributed by atoms with Crippen LogP contribution in [-0.2, 0) is 0 Å². The Morgan fingerprint density at radius 2 is 1.41 bits per heavy atom. The van der Waals surface area contributed by atoms with Crippen LogP contribution in [0.3, 0.4) is 0 Å². The van der Waals surface area contributed by atoms with Gasteiger partial charge in [0.2, 0.25) is 5.89 Å². The van der Waals surface area contributed by atoms with Crippen molar-refractivity contribution in [2.75, 3.05) is 0 Å². The number of hydrogen-bond donors (Lipinski definition) is 0. The van der Waals surface area contributed by atoms with Gasteiger partial charge in [-0.15, -0.1) is 0 Å². The van der Waals surface area contributed by atoms with Crippen molar-refractivity contribution < 1.29 is 4.42 Å². The summed E-state index contributed by atoms with van der Waals surface area (Å²) in [5.74, 6) is 0.598. The quantitative estimate of drug-likeness (QED) is 0.424. The van der Waals surface area contributed by atoms with Crippen molar-refractivity contribution in [2.24, 2.45) is 0 Å². The van der Waals surface area contributed by atoms with E-state index in [1.165, 1.54) is 0 Å². The number of benzene rings is 2. The fraction of sp³-hybridized carbons (Fsp3) is 0. The molecule has 0 spiro atoms. The van der Waals surface area contributed by atoms with Gasteiger partial charge in [0, 0.05) is 41.5 Å². The maximum Gasteiger partial charge on any atom is 0.227 e. The Balaban J connectivity index is 1.74. The Kier molecular flexibility index (Phi) is 3.72. The number of pyridine rings is 2. The summed E-state index contributed by atoms with van der Waals surface area (Å²) in [7, 11) is 0. The minimum absolute atomic E-state index is 0.598. The van der Waals surface area contributed by atoms with Crippen molar-refractivity contribution in [3.63, 3.8) is 0 Å². The maximum atomic E-state index is 6.06. The lowest BCUT2D eigenvalue weighted by molar-refractivity contribution is 0.620. The molecule has 0 aliphatic rings. The van der Waals surface area contributed by atoms with E-state index in [2.05, 4.69) is 28.2 Å². The lowest BCUT2D eigenvalue weighted by Crippen LogP contribution is -1.88. The molecular formula is C23H15N3O. The zero-order valence-electron chi connectivity index (χ0n) is 14.4. The number of aromatic nitrogens is 3. The molecule has 0 saturated carbocycles. The minimum atomic E-state index is 0.598. The van der Waals surface area contributed by atoms with Crippen LogP contribution >= 0.6 is 0 Å². The summed E-state index contributed by atoms with van der Waals surface area (Å²) >= 11 is 0. The van der Waals surface area contributed by atoms with Crippen molar-refractivity contribution in [1.29, 1.82) is 0 Å². The predicted molar refractivity (Wildman–Crippen MR) is 106 cm³/mol. The smallest absolute Gasteiger partial charge is 0.227 e. The average Bonchev–Trinajstić information content (AvgIpc) is 3.19. The highest BCUT2D eigenvalue weighted by Crippen LogP contribution is 2.36. The molecule has 3 aromatic heterocycles. The Labute approximate surface area is 156 Å². The van der Waals surface area contributed by atoms with Crippen LogP contribution in [0.1, 0.15) is 0 Å². The SMILES string of the molecule is c1cncc(-c2ccc(-c3cccnc3)c(-c3nc4ccccc4o3)c2)c1. The largest absolute Gasteiger partial charge is 0.436 e. The van der Waals surface area contributed by atoms with E-state index in [-0.39, 0.29) is 0 Å². The van der Waals surface area contributed by atoms with Crippen LogP contribution in [0.4, 0.5) is 0 Å². The second-order valence-corrected chi connectivity index (χ2v) is 6.23.